The minimum atomic E-state index is 0.747. The van der Waals surface area contributed by atoms with Gasteiger partial charge in [0.05, 0.1) is 11.4 Å². The van der Waals surface area contributed by atoms with Crippen LogP contribution in [-0.2, 0) is 13.1 Å². The summed E-state index contributed by atoms with van der Waals surface area (Å²) in [5.74, 6) is 0. The highest BCUT2D eigenvalue weighted by Gasteiger charge is 2.27. The number of para-hydroxylation sites is 2. The first kappa shape index (κ1) is 29.3. The van der Waals surface area contributed by atoms with Crippen molar-refractivity contribution in [2.45, 2.75) is 13.1 Å². The van der Waals surface area contributed by atoms with E-state index in [4.69, 9.17) is 0 Å². The third-order valence-electron chi connectivity index (χ3n) is 9.40. The molecular formula is C46H36N2. The SMILES string of the molecule is C=Cc1ccc(Cn2c(-c3ccccc3)c(-c3c(-c4ccccc4)n(Cc4ccc(C=C)cc4)c4ccccc34)c3ccccc32)cc1. The normalized spacial score (nSPS) is 11.2. The van der Waals surface area contributed by atoms with Crippen LogP contribution in [-0.4, -0.2) is 9.13 Å². The lowest BCUT2D eigenvalue weighted by Gasteiger charge is -2.16. The first-order valence-electron chi connectivity index (χ1n) is 16.5. The van der Waals surface area contributed by atoms with Gasteiger partial charge in [0.2, 0.25) is 0 Å². The number of rotatable bonds is 9. The lowest BCUT2D eigenvalue weighted by molar-refractivity contribution is 0.842. The fourth-order valence-corrected chi connectivity index (χ4v) is 7.12. The number of fused-ring (bicyclic) bond motifs is 2. The summed E-state index contributed by atoms with van der Waals surface area (Å²) in [7, 11) is 0. The Kier molecular flexibility index (Phi) is 7.68. The molecule has 0 aliphatic heterocycles. The van der Waals surface area contributed by atoms with E-state index in [1.165, 1.54) is 66.6 Å². The van der Waals surface area contributed by atoms with Crippen molar-refractivity contribution < 1.29 is 0 Å². The van der Waals surface area contributed by atoms with E-state index in [9.17, 15) is 0 Å². The number of benzene rings is 6. The molecule has 0 aliphatic rings. The maximum Gasteiger partial charge on any atom is 0.0575 e. The van der Waals surface area contributed by atoms with Gasteiger partial charge < -0.3 is 9.13 Å². The topological polar surface area (TPSA) is 9.86 Å². The number of hydrogen-bond donors (Lipinski definition) is 0. The average molecular weight is 617 g/mol. The van der Waals surface area contributed by atoms with Crippen LogP contribution in [0.4, 0.5) is 0 Å². The molecule has 0 saturated carbocycles. The molecule has 0 unspecified atom stereocenters. The maximum atomic E-state index is 3.96. The van der Waals surface area contributed by atoms with Crippen molar-refractivity contribution >= 4 is 34.0 Å². The number of aromatic nitrogens is 2. The summed E-state index contributed by atoms with van der Waals surface area (Å²) in [6.45, 7) is 9.41. The van der Waals surface area contributed by atoms with Crippen molar-refractivity contribution in [3.8, 4) is 33.6 Å². The lowest BCUT2D eigenvalue weighted by atomic mass is 9.93. The summed E-state index contributed by atoms with van der Waals surface area (Å²) in [6, 6.07) is 57.1. The van der Waals surface area contributed by atoms with E-state index in [1.807, 2.05) is 12.2 Å². The van der Waals surface area contributed by atoms with Gasteiger partial charge in [-0.3, -0.25) is 0 Å². The molecule has 0 amide bonds. The van der Waals surface area contributed by atoms with Crippen LogP contribution in [0, 0.1) is 0 Å². The van der Waals surface area contributed by atoms with Crippen LogP contribution in [0.1, 0.15) is 22.3 Å². The van der Waals surface area contributed by atoms with E-state index in [0.717, 1.165) is 24.2 Å². The van der Waals surface area contributed by atoms with Gasteiger partial charge in [-0.15, -0.1) is 0 Å². The Labute approximate surface area is 282 Å². The molecule has 6 aromatic carbocycles. The Morgan fingerprint density at radius 3 is 1.12 bits per heavy atom. The third-order valence-corrected chi connectivity index (χ3v) is 9.40. The number of nitrogens with zero attached hydrogens (tertiary/aromatic N) is 2. The van der Waals surface area contributed by atoms with Gasteiger partial charge in [-0.2, -0.15) is 0 Å². The fraction of sp³-hybridized carbons (Fsp3) is 0.0435. The maximum absolute atomic E-state index is 3.96. The predicted octanol–water partition coefficient (Wildman–Crippen LogP) is 12.0. The number of hydrogen-bond acceptors (Lipinski definition) is 0. The van der Waals surface area contributed by atoms with Gasteiger partial charge >= 0.3 is 0 Å². The van der Waals surface area contributed by atoms with Crippen molar-refractivity contribution in [1.29, 1.82) is 0 Å². The second kappa shape index (κ2) is 12.6. The van der Waals surface area contributed by atoms with Crippen LogP contribution in [0.2, 0.25) is 0 Å². The van der Waals surface area contributed by atoms with Crippen LogP contribution < -0.4 is 0 Å². The Hall–Kier alpha value is -6.12. The molecule has 2 nitrogen and oxygen atoms in total. The fourth-order valence-electron chi connectivity index (χ4n) is 7.12. The average Bonchev–Trinajstić information content (AvgIpc) is 3.65. The zero-order chi connectivity index (χ0) is 32.5. The molecule has 0 aliphatic carbocycles. The first-order valence-corrected chi connectivity index (χ1v) is 16.5. The van der Waals surface area contributed by atoms with Gasteiger partial charge in [0, 0.05) is 46.0 Å². The summed E-state index contributed by atoms with van der Waals surface area (Å²) >= 11 is 0. The molecule has 0 bridgehead atoms. The largest absolute Gasteiger partial charge is 0.335 e. The minimum Gasteiger partial charge on any atom is -0.335 e. The zero-order valence-electron chi connectivity index (χ0n) is 26.9. The predicted molar refractivity (Wildman–Crippen MR) is 205 cm³/mol. The van der Waals surface area contributed by atoms with E-state index in [0.29, 0.717) is 0 Å². The van der Waals surface area contributed by atoms with Crippen LogP contribution in [0.5, 0.6) is 0 Å². The third kappa shape index (κ3) is 5.18. The Balaban J connectivity index is 1.47. The molecule has 2 aromatic heterocycles. The molecule has 8 rings (SSSR count). The summed E-state index contributed by atoms with van der Waals surface area (Å²) in [5.41, 5.74) is 14.5. The van der Waals surface area contributed by atoms with Crippen LogP contribution >= 0.6 is 0 Å². The highest BCUT2D eigenvalue weighted by Crippen LogP contribution is 2.49. The Morgan fingerprint density at radius 2 is 0.750 bits per heavy atom. The van der Waals surface area contributed by atoms with E-state index >= 15 is 0 Å². The Morgan fingerprint density at radius 1 is 0.396 bits per heavy atom. The molecule has 8 aromatic rings. The smallest absolute Gasteiger partial charge is 0.0575 e. The zero-order valence-corrected chi connectivity index (χ0v) is 26.9. The second-order valence-corrected chi connectivity index (χ2v) is 12.3. The lowest BCUT2D eigenvalue weighted by Crippen LogP contribution is -2.03. The molecular weight excluding hydrogens is 581 g/mol. The summed E-state index contributed by atoms with van der Waals surface area (Å²) < 4.78 is 5.02. The Bertz CT molecular complexity index is 2220. The van der Waals surface area contributed by atoms with Gasteiger partial charge in [0.25, 0.3) is 0 Å². The van der Waals surface area contributed by atoms with Gasteiger partial charge in [-0.1, -0.05) is 171 Å². The van der Waals surface area contributed by atoms with Crippen molar-refractivity contribution in [1.82, 2.24) is 9.13 Å². The summed E-state index contributed by atoms with van der Waals surface area (Å²) in [6.07, 6.45) is 3.80. The van der Waals surface area contributed by atoms with Gasteiger partial charge in [-0.05, 0) is 45.5 Å². The molecule has 230 valence electrons. The molecule has 0 fully saturated rings. The summed E-state index contributed by atoms with van der Waals surface area (Å²) in [5, 5.41) is 2.49. The van der Waals surface area contributed by atoms with E-state index in [2.05, 4.69) is 180 Å². The van der Waals surface area contributed by atoms with E-state index in [1.54, 1.807) is 0 Å². The minimum absolute atomic E-state index is 0.747. The standard InChI is InChI=1S/C46H36N2/c1-3-33-23-27-35(28-24-33)31-47-41-21-13-11-19-39(41)43(45(47)37-15-7-5-8-16-37)44-40-20-12-14-22-42(40)48(46(44)38-17-9-6-10-18-38)32-36-29-25-34(4-2)26-30-36/h3-30H,1-2,31-32H2. The van der Waals surface area contributed by atoms with E-state index in [-0.39, 0.29) is 0 Å². The molecule has 2 heterocycles. The van der Waals surface area contributed by atoms with E-state index < -0.39 is 0 Å². The van der Waals surface area contributed by atoms with Crippen molar-refractivity contribution in [3.63, 3.8) is 0 Å². The van der Waals surface area contributed by atoms with Crippen molar-refractivity contribution in [2.75, 3.05) is 0 Å². The van der Waals surface area contributed by atoms with Crippen LogP contribution in [0.3, 0.4) is 0 Å². The highest BCUT2D eigenvalue weighted by atomic mass is 15.0. The van der Waals surface area contributed by atoms with Gasteiger partial charge in [-0.25, -0.2) is 0 Å². The molecule has 0 N–H and O–H groups in total. The molecule has 0 radical (unpaired) electrons. The second-order valence-electron chi connectivity index (χ2n) is 12.3. The van der Waals surface area contributed by atoms with Gasteiger partial charge in [0.1, 0.15) is 0 Å². The summed E-state index contributed by atoms with van der Waals surface area (Å²) in [4.78, 5) is 0. The highest BCUT2D eigenvalue weighted by molar-refractivity contribution is 6.15. The van der Waals surface area contributed by atoms with Crippen molar-refractivity contribution in [3.05, 3.63) is 193 Å². The molecule has 48 heavy (non-hydrogen) atoms. The molecule has 0 atom stereocenters. The quantitative estimate of drug-likeness (QED) is 0.153. The molecule has 2 heteroatoms. The monoisotopic (exact) mass is 616 g/mol. The van der Waals surface area contributed by atoms with Crippen molar-refractivity contribution in [2.24, 2.45) is 0 Å². The van der Waals surface area contributed by atoms with Crippen LogP contribution in [0.15, 0.2) is 171 Å². The molecule has 0 spiro atoms. The van der Waals surface area contributed by atoms with Gasteiger partial charge in [0.15, 0.2) is 0 Å². The van der Waals surface area contributed by atoms with Crippen LogP contribution in [0.25, 0.3) is 67.6 Å². The molecule has 0 saturated heterocycles. The first-order chi connectivity index (χ1) is 23.7.